The summed E-state index contributed by atoms with van der Waals surface area (Å²) in [4.78, 5) is 11.5. The Morgan fingerprint density at radius 2 is 1.93 bits per heavy atom. The van der Waals surface area contributed by atoms with Crippen LogP contribution in [-0.2, 0) is 4.79 Å². The van der Waals surface area contributed by atoms with E-state index >= 15 is 0 Å². The van der Waals surface area contributed by atoms with Crippen molar-refractivity contribution in [3.8, 4) is 0 Å². The predicted molar refractivity (Wildman–Crippen MR) is 56.8 cm³/mol. The molecule has 0 fully saturated rings. The van der Waals surface area contributed by atoms with Crippen molar-refractivity contribution in [2.24, 2.45) is 5.73 Å². The maximum atomic E-state index is 11.5. The van der Waals surface area contributed by atoms with Crippen molar-refractivity contribution in [3.05, 3.63) is 0 Å². The molecule has 0 heterocycles. The second kappa shape index (κ2) is 4.75. The third-order valence-corrected chi connectivity index (χ3v) is 2.19. The quantitative estimate of drug-likeness (QED) is 0.603. The van der Waals surface area contributed by atoms with Gasteiger partial charge in [-0.05, 0) is 27.2 Å². The molecule has 0 aromatic carbocycles. The first-order chi connectivity index (χ1) is 6.22. The minimum absolute atomic E-state index is 0.0553. The first-order valence-electron chi connectivity index (χ1n) is 4.93. The number of nitrogens with two attached hydrogens (primary N) is 1. The number of carbonyl (C=O) groups is 1. The number of nitrogens with one attached hydrogen (secondary N) is 1. The summed E-state index contributed by atoms with van der Waals surface area (Å²) in [6, 6.07) is 0. The average Bonchev–Trinajstić information content (AvgIpc) is 2.00. The molecule has 4 heteroatoms. The molecule has 14 heavy (non-hydrogen) atoms. The van der Waals surface area contributed by atoms with Gasteiger partial charge in [0.15, 0.2) is 0 Å². The molecule has 0 aliphatic rings. The van der Waals surface area contributed by atoms with Crippen molar-refractivity contribution in [1.29, 1.82) is 0 Å². The van der Waals surface area contributed by atoms with Crippen LogP contribution in [-0.4, -0.2) is 28.7 Å². The minimum Gasteiger partial charge on any atom is -0.394 e. The highest BCUT2D eigenvalue weighted by atomic mass is 16.3. The summed E-state index contributed by atoms with van der Waals surface area (Å²) in [5.41, 5.74) is 4.68. The van der Waals surface area contributed by atoms with Gasteiger partial charge in [-0.25, -0.2) is 0 Å². The number of hydrogen-bond acceptors (Lipinski definition) is 3. The Morgan fingerprint density at radius 1 is 1.43 bits per heavy atom. The smallest absolute Gasteiger partial charge is 0.222 e. The van der Waals surface area contributed by atoms with Crippen LogP contribution >= 0.6 is 0 Å². The molecule has 4 nitrogen and oxygen atoms in total. The van der Waals surface area contributed by atoms with Gasteiger partial charge in [0.25, 0.3) is 0 Å². The Morgan fingerprint density at radius 3 is 2.21 bits per heavy atom. The molecule has 0 saturated heterocycles. The summed E-state index contributed by atoms with van der Waals surface area (Å²) in [6.45, 7) is 7.28. The van der Waals surface area contributed by atoms with Crippen molar-refractivity contribution in [3.63, 3.8) is 0 Å². The first kappa shape index (κ1) is 13.4. The molecule has 84 valence electrons. The van der Waals surface area contributed by atoms with E-state index in [0.29, 0.717) is 6.42 Å². The summed E-state index contributed by atoms with van der Waals surface area (Å²) in [6.07, 6.45) is 0.961. The lowest BCUT2D eigenvalue weighted by atomic mass is 9.97. The standard InChI is InChI=1S/C10H22N2O2/c1-5-10(4,7-13)12-8(14)6-9(2,3)11/h13H,5-7,11H2,1-4H3,(H,12,14). The van der Waals surface area contributed by atoms with Crippen LogP contribution in [0, 0.1) is 0 Å². The maximum absolute atomic E-state index is 11.5. The van der Waals surface area contributed by atoms with Crippen LogP contribution in [0.15, 0.2) is 0 Å². The fourth-order valence-electron chi connectivity index (χ4n) is 1.03. The number of aliphatic hydroxyl groups is 1. The second-order valence-electron chi connectivity index (χ2n) is 4.79. The van der Waals surface area contributed by atoms with Crippen LogP contribution in [0.1, 0.15) is 40.5 Å². The number of amides is 1. The summed E-state index contributed by atoms with van der Waals surface area (Å²) in [7, 11) is 0. The first-order valence-corrected chi connectivity index (χ1v) is 4.93. The Bertz CT molecular complexity index is 193. The lowest BCUT2D eigenvalue weighted by Gasteiger charge is -2.29. The van der Waals surface area contributed by atoms with Crippen molar-refractivity contribution >= 4 is 5.91 Å². The van der Waals surface area contributed by atoms with Gasteiger partial charge in [-0.1, -0.05) is 6.92 Å². The molecule has 0 aliphatic heterocycles. The molecule has 0 rings (SSSR count). The van der Waals surface area contributed by atoms with Gasteiger partial charge < -0.3 is 16.2 Å². The van der Waals surface area contributed by atoms with Crippen molar-refractivity contribution in [1.82, 2.24) is 5.32 Å². The Labute approximate surface area is 85.9 Å². The molecule has 0 bridgehead atoms. The molecule has 0 aromatic rings. The summed E-state index contributed by atoms with van der Waals surface area (Å²) < 4.78 is 0. The Balaban J connectivity index is 4.18. The normalized spacial score (nSPS) is 16.1. The summed E-state index contributed by atoms with van der Waals surface area (Å²) >= 11 is 0. The topological polar surface area (TPSA) is 75.3 Å². The lowest BCUT2D eigenvalue weighted by molar-refractivity contribution is -0.124. The highest BCUT2D eigenvalue weighted by Crippen LogP contribution is 2.10. The molecule has 1 amide bonds. The van der Waals surface area contributed by atoms with Crippen LogP contribution in [0.5, 0.6) is 0 Å². The third-order valence-electron chi connectivity index (χ3n) is 2.19. The van der Waals surface area contributed by atoms with E-state index in [9.17, 15) is 4.79 Å². The van der Waals surface area contributed by atoms with Gasteiger partial charge in [0.2, 0.25) is 5.91 Å². The van der Waals surface area contributed by atoms with Gasteiger partial charge in [0, 0.05) is 12.0 Å². The van der Waals surface area contributed by atoms with Crippen molar-refractivity contribution in [2.75, 3.05) is 6.61 Å². The Kier molecular flexibility index (Phi) is 4.55. The molecule has 0 aromatic heterocycles. The maximum Gasteiger partial charge on any atom is 0.222 e. The molecular weight excluding hydrogens is 180 g/mol. The van der Waals surface area contributed by atoms with Gasteiger partial charge in [-0.15, -0.1) is 0 Å². The minimum atomic E-state index is -0.525. The van der Waals surface area contributed by atoms with Crippen LogP contribution < -0.4 is 11.1 Å². The van der Waals surface area contributed by atoms with Crippen LogP contribution in [0.3, 0.4) is 0 Å². The molecule has 0 saturated carbocycles. The third kappa shape index (κ3) is 5.19. The van der Waals surface area contributed by atoms with Crippen LogP contribution in [0.25, 0.3) is 0 Å². The van der Waals surface area contributed by atoms with E-state index in [1.54, 1.807) is 13.8 Å². The van der Waals surface area contributed by atoms with E-state index in [-0.39, 0.29) is 18.9 Å². The number of carbonyl (C=O) groups excluding carboxylic acids is 1. The van der Waals surface area contributed by atoms with Gasteiger partial charge in [0.1, 0.15) is 0 Å². The van der Waals surface area contributed by atoms with Crippen LogP contribution in [0.2, 0.25) is 0 Å². The zero-order valence-corrected chi connectivity index (χ0v) is 9.55. The largest absolute Gasteiger partial charge is 0.394 e. The SMILES string of the molecule is CCC(C)(CO)NC(=O)CC(C)(C)N. The van der Waals surface area contributed by atoms with E-state index in [2.05, 4.69) is 5.32 Å². The number of rotatable bonds is 5. The summed E-state index contributed by atoms with van der Waals surface area (Å²) in [5.74, 6) is -0.115. The van der Waals surface area contributed by atoms with Gasteiger partial charge in [0.05, 0.1) is 12.1 Å². The van der Waals surface area contributed by atoms with E-state index in [1.165, 1.54) is 0 Å². The van der Waals surface area contributed by atoms with Crippen LogP contribution in [0.4, 0.5) is 0 Å². The monoisotopic (exact) mass is 202 g/mol. The average molecular weight is 202 g/mol. The van der Waals surface area contributed by atoms with E-state index < -0.39 is 11.1 Å². The Hall–Kier alpha value is -0.610. The zero-order chi connectivity index (χ0) is 11.4. The highest BCUT2D eigenvalue weighted by molar-refractivity contribution is 5.77. The highest BCUT2D eigenvalue weighted by Gasteiger charge is 2.25. The lowest BCUT2D eigenvalue weighted by Crippen LogP contribution is -2.51. The molecule has 4 N–H and O–H groups in total. The van der Waals surface area contributed by atoms with E-state index in [1.807, 2.05) is 13.8 Å². The predicted octanol–water partition coefficient (Wildman–Crippen LogP) is 0.391. The molecule has 0 radical (unpaired) electrons. The fraction of sp³-hybridized carbons (Fsp3) is 0.900. The van der Waals surface area contributed by atoms with Gasteiger partial charge in [-0.2, -0.15) is 0 Å². The van der Waals surface area contributed by atoms with Crippen molar-refractivity contribution in [2.45, 2.75) is 51.6 Å². The van der Waals surface area contributed by atoms with E-state index in [4.69, 9.17) is 10.8 Å². The molecule has 0 aliphatic carbocycles. The number of aliphatic hydroxyl groups excluding tert-OH is 1. The van der Waals surface area contributed by atoms with Crippen molar-refractivity contribution < 1.29 is 9.90 Å². The van der Waals surface area contributed by atoms with Gasteiger partial charge in [-0.3, -0.25) is 4.79 Å². The second-order valence-corrected chi connectivity index (χ2v) is 4.79. The van der Waals surface area contributed by atoms with Gasteiger partial charge >= 0.3 is 0 Å². The molecule has 0 spiro atoms. The van der Waals surface area contributed by atoms with E-state index in [0.717, 1.165) is 0 Å². The molecule has 1 atom stereocenters. The zero-order valence-electron chi connectivity index (χ0n) is 9.55. The summed E-state index contributed by atoms with van der Waals surface area (Å²) in [5, 5.41) is 11.9. The fourth-order valence-corrected chi connectivity index (χ4v) is 1.03. The number of hydrogen-bond donors (Lipinski definition) is 3. The molecular formula is C10H22N2O2. The molecule has 1 unspecified atom stereocenters.